The summed E-state index contributed by atoms with van der Waals surface area (Å²) in [7, 11) is 0. The third-order valence-corrected chi connectivity index (χ3v) is 6.83. The first-order chi connectivity index (χ1) is 15.1. The lowest BCUT2D eigenvalue weighted by Gasteiger charge is -2.36. The van der Waals surface area contributed by atoms with Gasteiger partial charge in [-0.2, -0.15) is 4.98 Å². The number of rotatable bonds is 4. The number of aromatic nitrogens is 3. The van der Waals surface area contributed by atoms with Crippen LogP contribution in [0.15, 0.2) is 29.1 Å². The molecule has 1 aromatic carbocycles. The fraction of sp³-hybridized carbons (Fsp3) is 0.500. The van der Waals surface area contributed by atoms with Crippen LogP contribution < -0.4 is 21.1 Å². The van der Waals surface area contributed by atoms with Gasteiger partial charge in [0.25, 0.3) is 5.56 Å². The van der Waals surface area contributed by atoms with Gasteiger partial charge in [0.1, 0.15) is 16.4 Å². The van der Waals surface area contributed by atoms with Gasteiger partial charge in [-0.3, -0.25) is 9.78 Å². The molecular weight excluding hydrogens is 412 g/mol. The molecule has 31 heavy (non-hydrogen) atoms. The number of nitrogens with one attached hydrogen (secondary N) is 3. The Morgan fingerprint density at radius 1 is 1.19 bits per heavy atom. The van der Waals surface area contributed by atoms with E-state index >= 15 is 0 Å². The smallest absolute Gasteiger partial charge is 0.264 e. The second kappa shape index (κ2) is 8.57. The monoisotopic (exact) mass is 440 g/mol. The lowest BCUT2D eigenvalue weighted by atomic mass is 10.1. The normalized spacial score (nSPS) is 24.5. The average molecular weight is 441 g/mol. The molecule has 3 atom stereocenters. The van der Waals surface area contributed by atoms with Crippen LogP contribution in [-0.4, -0.2) is 59.4 Å². The summed E-state index contributed by atoms with van der Waals surface area (Å²) in [5, 5.41) is 7.67. The van der Waals surface area contributed by atoms with Crippen molar-refractivity contribution < 1.29 is 4.74 Å². The van der Waals surface area contributed by atoms with Gasteiger partial charge in [-0.25, -0.2) is 4.98 Å². The molecule has 5 rings (SSSR count). The third-order valence-electron chi connectivity index (χ3n) is 5.77. The molecule has 0 spiro atoms. The highest BCUT2D eigenvalue weighted by molar-refractivity contribution is 7.21. The van der Waals surface area contributed by atoms with E-state index in [1.165, 1.54) is 11.3 Å². The second-order valence-electron chi connectivity index (χ2n) is 8.45. The van der Waals surface area contributed by atoms with Crippen molar-refractivity contribution in [1.29, 1.82) is 0 Å². The molecule has 0 amide bonds. The number of piperidine rings is 1. The van der Waals surface area contributed by atoms with Gasteiger partial charge in [0, 0.05) is 25.7 Å². The van der Waals surface area contributed by atoms with E-state index in [4.69, 9.17) is 14.7 Å². The maximum absolute atomic E-state index is 13.3. The van der Waals surface area contributed by atoms with Gasteiger partial charge in [0.15, 0.2) is 0 Å². The highest BCUT2D eigenvalue weighted by Crippen LogP contribution is 2.33. The standard InChI is InChI=1S/C22H28N6O2S/c1-13-11-28(12-14(2)30-13)22-26-19(24-15-6-5-9-23-10-15)18(20(29)27-22)21-25-16-7-3-4-8-17(16)31-21/h3-4,7-8,13-15,23H,5-6,9-12H2,1-2H3,(H2,24,26,27,29)/t13?,14?,15-/m1/s1. The molecule has 0 radical (unpaired) electrons. The van der Waals surface area contributed by atoms with Crippen molar-refractivity contribution in [3.05, 3.63) is 34.6 Å². The van der Waals surface area contributed by atoms with Gasteiger partial charge in [-0.05, 0) is 45.4 Å². The molecule has 3 N–H and O–H groups in total. The fourth-order valence-corrected chi connectivity index (χ4v) is 5.42. The topological polar surface area (TPSA) is 95.2 Å². The van der Waals surface area contributed by atoms with Crippen LogP contribution in [0.25, 0.3) is 20.8 Å². The van der Waals surface area contributed by atoms with E-state index < -0.39 is 0 Å². The SMILES string of the molecule is CC1CN(c2nc(N[C@@H]3CCCNC3)c(-c3nc4ccccc4s3)c(=O)[nH]2)CC(C)O1. The van der Waals surface area contributed by atoms with Crippen LogP contribution in [0.2, 0.25) is 0 Å². The second-order valence-corrected chi connectivity index (χ2v) is 9.48. The van der Waals surface area contributed by atoms with Crippen LogP contribution in [0, 0.1) is 0 Å². The van der Waals surface area contributed by atoms with Gasteiger partial charge in [0.05, 0.1) is 22.4 Å². The minimum absolute atomic E-state index is 0.0805. The highest BCUT2D eigenvalue weighted by atomic mass is 32.1. The van der Waals surface area contributed by atoms with Crippen LogP contribution in [0.5, 0.6) is 0 Å². The Balaban J connectivity index is 1.57. The molecule has 0 saturated carbocycles. The van der Waals surface area contributed by atoms with E-state index in [0.717, 1.165) is 36.1 Å². The Morgan fingerprint density at radius 3 is 2.74 bits per heavy atom. The van der Waals surface area contributed by atoms with E-state index in [1.807, 2.05) is 38.1 Å². The van der Waals surface area contributed by atoms with Gasteiger partial charge in [-0.1, -0.05) is 12.1 Å². The Kier molecular flexibility index (Phi) is 5.64. The van der Waals surface area contributed by atoms with E-state index in [2.05, 4.69) is 20.5 Å². The Bertz CT molecular complexity index is 1080. The van der Waals surface area contributed by atoms with Crippen molar-refractivity contribution >= 4 is 33.3 Å². The predicted octanol–water partition coefficient (Wildman–Crippen LogP) is 2.82. The number of benzene rings is 1. The van der Waals surface area contributed by atoms with Crippen molar-refractivity contribution in [2.24, 2.45) is 0 Å². The predicted molar refractivity (Wildman–Crippen MR) is 125 cm³/mol. The summed E-state index contributed by atoms with van der Waals surface area (Å²) >= 11 is 1.52. The molecule has 3 aromatic rings. The lowest BCUT2D eigenvalue weighted by molar-refractivity contribution is -0.00572. The van der Waals surface area contributed by atoms with Crippen molar-refractivity contribution in [2.45, 2.75) is 44.9 Å². The molecule has 0 bridgehead atoms. The largest absolute Gasteiger partial charge is 0.372 e. The van der Waals surface area contributed by atoms with Crippen LogP contribution in [0.3, 0.4) is 0 Å². The zero-order valence-corrected chi connectivity index (χ0v) is 18.7. The number of hydrogen-bond acceptors (Lipinski definition) is 8. The van der Waals surface area contributed by atoms with Crippen molar-refractivity contribution in [1.82, 2.24) is 20.3 Å². The number of fused-ring (bicyclic) bond motifs is 1. The lowest BCUT2D eigenvalue weighted by Crippen LogP contribution is -2.47. The summed E-state index contributed by atoms with van der Waals surface area (Å²) in [6.07, 6.45) is 2.30. The first kappa shape index (κ1) is 20.4. The number of H-pyrrole nitrogens is 1. The molecule has 0 aliphatic carbocycles. The molecule has 8 nitrogen and oxygen atoms in total. The van der Waals surface area contributed by atoms with Crippen LogP contribution in [0.4, 0.5) is 11.8 Å². The first-order valence-electron chi connectivity index (χ1n) is 10.9. The van der Waals surface area contributed by atoms with Gasteiger partial charge >= 0.3 is 0 Å². The summed E-state index contributed by atoms with van der Waals surface area (Å²) in [5.41, 5.74) is 1.25. The van der Waals surface area contributed by atoms with E-state index in [0.29, 0.717) is 35.4 Å². The minimum Gasteiger partial charge on any atom is -0.372 e. The molecule has 2 saturated heterocycles. The molecule has 9 heteroatoms. The first-order valence-corrected chi connectivity index (χ1v) is 11.8. The average Bonchev–Trinajstić information content (AvgIpc) is 3.17. The summed E-state index contributed by atoms with van der Waals surface area (Å²) in [6, 6.07) is 8.18. The molecule has 2 aromatic heterocycles. The maximum Gasteiger partial charge on any atom is 0.264 e. The van der Waals surface area contributed by atoms with Gasteiger partial charge in [0.2, 0.25) is 5.95 Å². The van der Waals surface area contributed by atoms with Gasteiger partial charge < -0.3 is 20.3 Å². The number of morpholine rings is 1. The van der Waals surface area contributed by atoms with E-state index in [-0.39, 0.29) is 23.8 Å². The van der Waals surface area contributed by atoms with E-state index in [1.54, 1.807) is 0 Å². The van der Waals surface area contributed by atoms with Crippen LogP contribution in [-0.2, 0) is 4.74 Å². The molecule has 2 aliphatic rings. The molecule has 2 fully saturated rings. The molecule has 2 unspecified atom stereocenters. The molecule has 164 valence electrons. The van der Waals surface area contributed by atoms with Crippen molar-refractivity contribution in [3.8, 4) is 10.6 Å². The maximum atomic E-state index is 13.3. The van der Waals surface area contributed by atoms with Crippen LogP contribution in [0.1, 0.15) is 26.7 Å². The van der Waals surface area contributed by atoms with Gasteiger partial charge in [-0.15, -0.1) is 11.3 Å². The fourth-order valence-electron chi connectivity index (χ4n) is 4.41. The summed E-state index contributed by atoms with van der Waals surface area (Å²) in [5.74, 6) is 1.20. The van der Waals surface area contributed by atoms with Crippen molar-refractivity contribution in [2.75, 3.05) is 36.4 Å². The number of anilines is 2. The molecule has 4 heterocycles. The quantitative estimate of drug-likeness (QED) is 0.574. The zero-order valence-electron chi connectivity index (χ0n) is 17.9. The summed E-state index contributed by atoms with van der Waals surface area (Å²) in [6.45, 7) is 7.36. The molecular formula is C22H28N6O2S. The van der Waals surface area contributed by atoms with Crippen molar-refractivity contribution in [3.63, 3.8) is 0 Å². The Hall–Kier alpha value is -2.49. The van der Waals surface area contributed by atoms with Crippen LogP contribution >= 0.6 is 11.3 Å². The number of aromatic amines is 1. The number of hydrogen-bond donors (Lipinski definition) is 3. The minimum atomic E-state index is -0.165. The highest BCUT2D eigenvalue weighted by Gasteiger charge is 2.27. The number of para-hydroxylation sites is 1. The summed E-state index contributed by atoms with van der Waals surface area (Å²) < 4.78 is 6.91. The number of nitrogens with zero attached hydrogens (tertiary/aromatic N) is 3. The Morgan fingerprint density at radius 2 is 2.00 bits per heavy atom. The number of ether oxygens (including phenoxy) is 1. The zero-order chi connectivity index (χ0) is 21.4. The summed E-state index contributed by atoms with van der Waals surface area (Å²) in [4.78, 5) is 28.1. The van der Waals surface area contributed by atoms with E-state index in [9.17, 15) is 4.79 Å². The third kappa shape index (κ3) is 4.30. The molecule has 2 aliphatic heterocycles. The Labute approximate surface area is 185 Å². The number of thiazole rings is 1.